The summed E-state index contributed by atoms with van der Waals surface area (Å²) in [6, 6.07) is 0.412. The van der Waals surface area contributed by atoms with Gasteiger partial charge in [-0.3, -0.25) is 0 Å². The lowest BCUT2D eigenvalue weighted by molar-refractivity contribution is 0.0392. The zero-order chi connectivity index (χ0) is 8.97. The van der Waals surface area contributed by atoms with E-state index >= 15 is 0 Å². The van der Waals surface area contributed by atoms with Gasteiger partial charge in [0.15, 0.2) is 0 Å². The molecule has 0 saturated heterocycles. The van der Waals surface area contributed by atoms with Crippen LogP contribution in [0.1, 0.15) is 32.6 Å². The van der Waals surface area contributed by atoms with Gasteiger partial charge in [-0.15, -0.1) is 0 Å². The summed E-state index contributed by atoms with van der Waals surface area (Å²) in [5.74, 6) is 0. The van der Waals surface area contributed by atoms with Gasteiger partial charge in [0.05, 0.1) is 12.7 Å². The predicted octanol–water partition coefficient (Wildman–Crippen LogP) is 1.85. The van der Waals surface area contributed by atoms with Gasteiger partial charge >= 0.3 is 0 Å². The second-order valence-corrected chi connectivity index (χ2v) is 3.80. The Labute approximate surface area is 74.8 Å². The van der Waals surface area contributed by atoms with Crippen molar-refractivity contribution >= 4 is 0 Å². The van der Waals surface area contributed by atoms with Crippen molar-refractivity contribution in [2.75, 3.05) is 6.61 Å². The van der Waals surface area contributed by atoms with Crippen LogP contribution in [0.2, 0.25) is 0 Å². The van der Waals surface area contributed by atoms with E-state index < -0.39 is 0 Å². The number of nitrogens with two attached hydrogens (primary N) is 1. The summed E-state index contributed by atoms with van der Waals surface area (Å²) in [7, 11) is 0. The fourth-order valence-electron chi connectivity index (χ4n) is 1.52. The Morgan fingerprint density at radius 2 is 2.00 bits per heavy atom. The molecule has 0 aromatic heterocycles. The summed E-state index contributed by atoms with van der Waals surface area (Å²) < 4.78 is 5.64. The number of hydrogen-bond acceptors (Lipinski definition) is 2. The van der Waals surface area contributed by atoms with Crippen LogP contribution in [0.3, 0.4) is 0 Å². The summed E-state index contributed by atoms with van der Waals surface area (Å²) in [5, 5.41) is 0. The molecule has 1 saturated carbocycles. The number of ether oxygens (including phenoxy) is 1. The molecule has 2 heteroatoms. The van der Waals surface area contributed by atoms with Crippen molar-refractivity contribution < 1.29 is 4.74 Å². The van der Waals surface area contributed by atoms with Crippen molar-refractivity contribution in [3.8, 4) is 0 Å². The van der Waals surface area contributed by atoms with E-state index in [0.29, 0.717) is 18.8 Å². The van der Waals surface area contributed by atoms with E-state index in [9.17, 15) is 0 Å². The van der Waals surface area contributed by atoms with Gasteiger partial charge in [-0.1, -0.05) is 12.2 Å². The lowest BCUT2D eigenvalue weighted by Gasteiger charge is -2.26. The van der Waals surface area contributed by atoms with Gasteiger partial charge in [-0.05, 0) is 32.6 Å². The van der Waals surface area contributed by atoms with Gasteiger partial charge in [0.2, 0.25) is 0 Å². The third kappa shape index (κ3) is 3.37. The second-order valence-electron chi connectivity index (χ2n) is 3.80. The lowest BCUT2D eigenvalue weighted by atomic mass is 9.94. The lowest BCUT2D eigenvalue weighted by Crippen LogP contribution is -2.30. The van der Waals surface area contributed by atoms with Crippen LogP contribution in [0.25, 0.3) is 0 Å². The van der Waals surface area contributed by atoms with Crippen molar-refractivity contribution in [1.82, 2.24) is 0 Å². The first-order valence-corrected chi connectivity index (χ1v) is 4.70. The zero-order valence-corrected chi connectivity index (χ0v) is 7.88. The maximum Gasteiger partial charge on any atom is 0.0675 e. The van der Waals surface area contributed by atoms with E-state index in [1.807, 2.05) is 6.92 Å². The Hall–Kier alpha value is -0.340. The molecule has 0 bridgehead atoms. The molecule has 0 heterocycles. The Morgan fingerprint density at radius 3 is 2.50 bits per heavy atom. The van der Waals surface area contributed by atoms with Crippen molar-refractivity contribution in [2.45, 2.75) is 44.8 Å². The topological polar surface area (TPSA) is 35.2 Å². The molecule has 0 radical (unpaired) electrons. The molecule has 12 heavy (non-hydrogen) atoms. The molecule has 2 N–H and O–H groups in total. The summed E-state index contributed by atoms with van der Waals surface area (Å²) in [6.07, 6.45) is 4.89. The minimum absolute atomic E-state index is 0.412. The molecule has 0 aromatic rings. The molecular weight excluding hydrogens is 150 g/mol. The van der Waals surface area contributed by atoms with E-state index in [4.69, 9.17) is 10.5 Å². The molecule has 0 aliphatic heterocycles. The van der Waals surface area contributed by atoms with Crippen LogP contribution < -0.4 is 5.73 Å². The van der Waals surface area contributed by atoms with Crippen molar-refractivity contribution in [1.29, 1.82) is 0 Å². The Balaban J connectivity index is 2.13. The van der Waals surface area contributed by atoms with Crippen molar-refractivity contribution in [2.24, 2.45) is 5.73 Å². The summed E-state index contributed by atoms with van der Waals surface area (Å²) in [6.45, 7) is 6.51. The van der Waals surface area contributed by atoms with Gasteiger partial charge in [0, 0.05) is 6.04 Å². The van der Waals surface area contributed by atoms with Gasteiger partial charge < -0.3 is 10.5 Å². The van der Waals surface area contributed by atoms with E-state index in [0.717, 1.165) is 31.3 Å². The molecule has 0 amide bonds. The Bertz CT molecular complexity index is 148. The van der Waals surface area contributed by atoms with Crippen LogP contribution in [0, 0.1) is 0 Å². The minimum atomic E-state index is 0.412. The first kappa shape index (κ1) is 9.75. The van der Waals surface area contributed by atoms with Gasteiger partial charge in [-0.25, -0.2) is 0 Å². The second kappa shape index (κ2) is 4.63. The highest BCUT2D eigenvalue weighted by Gasteiger charge is 2.18. The van der Waals surface area contributed by atoms with Crippen LogP contribution >= 0.6 is 0 Å². The smallest absolute Gasteiger partial charge is 0.0675 e. The predicted molar refractivity (Wildman–Crippen MR) is 51.0 cm³/mol. The fraction of sp³-hybridized carbons (Fsp3) is 0.800. The van der Waals surface area contributed by atoms with Crippen molar-refractivity contribution in [3.63, 3.8) is 0 Å². The van der Waals surface area contributed by atoms with Crippen molar-refractivity contribution in [3.05, 3.63) is 12.2 Å². The first-order valence-electron chi connectivity index (χ1n) is 4.70. The SMILES string of the molecule is C=C(C)COC1CCC(N)CC1. The largest absolute Gasteiger partial charge is 0.374 e. The van der Waals surface area contributed by atoms with E-state index in [1.54, 1.807) is 0 Å². The van der Waals surface area contributed by atoms with E-state index in [1.165, 1.54) is 0 Å². The first-order chi connectivity index (χ1) is 5.68. The molecular formula is C10H19NO. The maximum atomic E-state index is 5.78. The van der Waals surface area contributed by atoms with Gasteiger partial charge in [-0.2, -0.15) is 0 Å². The quantitative estimate of drug-likeness (QED) is 0.654. The van der Waals surface area contributed by atoms with E-state index in [-0.39, 0.29) is 0 Å². The van der Waals surface area contributed by atoms with Crippen LogP contribution in [-0.4, -0.2) is 18.8 Å². The summed E-state index contributed by atoms with van der Waals surface area (Å²) in [5.41, 5.74) is 6.88. The molecule has 0 aromatic carbocycles. The molecule has 0 unspecified atom stereocenters. The highest BCUT2D eigenvalue weighted by Crippen LogP contribution is 2.19. The van der Waals surface area contributed by atoms with Gasteiger partial charge in [0.1, 0.15) is 0 Å². The monoisotopic (exact) mass is 169 g/mol. The molecule has 1 aliphatic carbocycles. The molecule has 70 valence electrons. The summed E-state index contributed by atoms with van der Waals surface area (Å²) >= 11 is 0. The Kier molecular flexibility index (Phi) is 3.76. The third-order valence-corrected chi connectivity index (χ3v) is 2.28. The zero-order valence-electron chi connectivity index (χ0n) is 7.88. The molecule has 2 nitrogen and oxygen atoms in total. The fourth-order valence-corrected chi connectivity index (χ4v) is 1.52. The highest BCUT2D eigenvalue weighted by atomic mass is 16.5. The average Bonchev–Trinajstić information content (AvgIpc) is 2.03. The number of rotatable bonds is 3. The summed E-state index contributed by atoms with van der Waals surface area (Å²) in [4.78, 5) is 0. The average molecular weight is 169 g/mol. The normalized spacial score (nSPS) is 30.2. The minimum Gasteiger partial charge on any atom is -0.374 e. The molecule has 1 aliphatic rings. The van der Waals surface area contributed by atoms with Gasteiger partial charge in [0.25, 0.3) is 0 Å². The molecule has 1 fully saturated rings. The highest BCUT2D eigenvalue weighted by molar-refractivity contribution is 4.88. The molecule has 1 rings (SSSR count). The van der Waals surface area contributed by atoms with Crippen LogP contribution in [0.15, 0.2) is 12.2 Å². The molecule has 0 spiro atoms. The van der Waals surface area contributed by atoms with Crippen LogP contribution in [0.4, 0.5) is 0 Å². The van der Waals surface area contributed by atoms with Crippen LogP contribution in [-0.2, 0) is 4.74 Å². The number of hydrogen-bond donors (Lipinski definition) is 1. The van der Waals surface area contributed by atoms with E-state index in [2.05, 4.69) is 6.58 Å². The molecule has 0 atom stereocenters. The standard InChI is InChI=1S/C10H19NO/c1-8(2)7-12-10-5-3-9(11)4-6-10/h9-10H,1,3-7,11H2,2H3. The third-order valence-electron chi connectivity index (χ3n) is 2.28. The van der Waals surface area contributed by atoms with Crippen LogP contribution in [0.5, 0.6) is 0 Å². The maximum absolute atomic E-state index is 5.78. The Morgan fingerprint density at radius 1 is 1.42 bits per heavy atom.